The van der Waals surface area contributed by atoms with Crippen LogP contribution in [0.5, 0.6) is 11.5 Å². The van der Waals surface area contributed by atoms with Gasteiger partial charge in [-0.3, -0.25) is 0 Å². The number of thiophene rings is 1. The Hall–Kier alpha value is -2.34. The van der Waals surface area contributed by atoms with Crippen LogP contribution in [-0.4, -0.2) is 23.2 Å². The Labute approximate surface area is 144 Å². The van der Waals surface area contributed by atoms with Gasteiger partial charge in [0.05, 0.1) is 11.4 Å². The number of hydrogen-bond donors (Lipinski definition) is 1. The number of rotatable bonds is 4. The van der Waals surface area contributed by atoms with Crippen molar-refractivity contribution >= 4 is 27.4 Å². The summed E-state index contributed by atoms with van der Waals surface area (Å²) in [6.07, 6.45) is 1.61. The van der Waals surface area contributed by atoms with Gasteiger partial charge in [-0.05, 0) is 35.1 Å². The number of benzene rings is 1. The van der Waals surface area contributed by atoms with E-state index in [1.54, 1.807) is 17.7 Å². The van der Waals surface area contributed by atoms with Crippen molar-refractivity contribution in [3.05, 3.63) is 41.5 Å². The molecule has 1 N–H and O–H groups in total. The summed E-state index contributed by atoms with van der Waals surface area (Å²) < 4.78 is 11.3. The van der Waals surface area contributed by atoms with Crippen LogP contribution in [-0.2, 0) is 0 Å². The third-order valence-corrected chi connectivity index (χ3v) is 4.97. The maximum absolute atomic E-state index is 5.73. The molecule has 0 saturated carbocycles. The number of anilines is 1. The molecule has 0 fully saturated rings. The number of nitrogens with one attached hydrogen (secondary N) is 1. The van der Waals surface area contributed by atoms with E-state index in [0.29, 0.717) is 19.1 Å². The molecule has 124 valence electrons. The molecule has 2 aromatic heterocycles. The Bertz CT molecular complexity index is 862. The maximum atomic E-state index is 5.73. The molecule has 0 bridgehead atoms. The predicted molar refractivity (Wildman–Crippen MR) is 96.0 cm³/mol. The molecule has 0 aliphatic carbocycles. The predicted octanol–water partition coefficient (Wildman–Crippen LogP) is 4.27. The summed E-state index contributed by atoms with van der Waals surface area (Å²) in [6.45, 7) is 5.59. The van der Waals surface area contributed by atoms with E-state index in [-0.39, 0.29) is 6.04 Å². The van der Waals surface area contributed by atoms with E-state index in [4.69, 9.17) is 9.47 Å². The lowest BCUT2D eigenvalue weighted by atomic mass is 9.95. The van der Waals surface area contributed by atoms with E-state index in [0.717, 1.165) is 33.1 Å². The van der Waals surface area contributed by atoms with Gasteiger partial charge in [-0.25, -0.2) is 9.97 Å². The lowest BCUT2D eigenvalue weighted by Crippen LogP contribution is -2.19. The normalized spacial score (nSPS) is 14.8. The summed E-state index contributed by atoms with van der Waals surface area (Å²) >= 11 is 1.62. The van der Waals surface area contributed by atoms with Gasteiger partial charge in [0.1, 0.15) is 30.2 Å². The molecular formula is C18H19N3O2S. The fourth-order valence-electron chi connectivity index (χ4n) is 2.94. The van der Waals surface area contributed by atoms with E-state index < -0.39 is 0 Å². The first kappa shape index (κ1) is 15.2. The van der Waals surface area contributed by atoms with Crippen LogP contribution in [0.4, 0.5) is 5.82 Å². The van der Waals surface area contributed by atoms with Crippen LogP contribution in [0.3, 0.4) is 0 Å². The molecule has 1 aromatic carbocycles. The maximum Gasteiger partial charge on any atom is 0.161 e. The lowest BCUT2D eigenvalue weighted by Gasteiger charge is -2.26. The molecule has 0 radical (unpaired) electrons. The van der Waals surface area contributed by atoms with Crippen molar-refractivity contribution in [3.63, 3.8) is 0 Å². The highest BCUT2D eigenvalue weighted by Crippen LogP contribution is 2.36. The minimum atomic E-state index is 0.124. The molecule has 6 heteroatoms. The molecule has 24 heavy (non-hydrogen) atoms. The second-order valence-electron chi connectivity index (χ2n) is 6.13. The van der Waals surface area contributed by atoms with Crippen molar-refractivity contribution in [1.82, 2.24) is 9.97 Å². The van der Waals surface area contributed by atoms with Gasteiger partial charge >= 0.3 is 0 Å². The summed E-state index contributed by atoms with van der Waals surface area (Å²) in [5.74, 6) is 2.88. The molecule has 1 aliphatic heterocycles. The second-order valence-corrected chi connectivity index (χ2v) is 7.03. The Balaban J connectivity index is 1.69. The van der Waals surface area contributed by atoms with Gasteiger partial charge in [0, 0.05) is 0 Å². The molecule has 1 aliphatic rings. The van der Waals surface area contributed by atoms with E-state index in [1.165, 1.54) is 0 Å². The third kappa shape index (κ3) is 2.78. The zero-order chi connectivity index (χ0) is 16.5. The van der Waals surface area contributed by atoms with Crippen LogP contribution in [0.1, 0.15) is 25.5 Å². The van der Waals surface area contributed by atoms with Crippen LogP contribution in [0.2, 0.25) is 0 Å². The molecule has 3 aromatic rings. The Morgan fingerprint density at radius 3 is 2.75 bits per heavy atom. The second kappa shape index (κ2) is 6.28. The Morgan fingerprint density at radius 2 is 1.92 bits per heavy atom. The number of nitrogens with zero attached hydrogens (tertiary/aromatic N) is 2. The molecule has 5 nitrogen and oxygen atoms in total. The van der Waals surface area contributed by atoms with Gasteiger partial charge in [0.15, 0.2) is 11.5 Å². The van der Waals surface area contributed by atoms with Crippen molar-refractivity contribution in [2.24, 2.45) is 5.92 Å². The third-order valence-electron chi connectivity index (χ3n) is 4.15. The molecule has 0 saturated heterocycles. The number of ether oxygens (including phenoxy) is 2. The van der Waals surface area contributed by atoms with Gasteiger partial charge in [-0.15, -0.1) is 11.3 Å². The molecule has 0 spiro atoms. The van der Waals surface area contributed by atoms with Crippen LogP contribution in [0.25, 0.3) is 10.2 Å². The van der Waals surface area contributed by atoms with Crippen LogP contribution in [0, 0.1) is 5.92 Å². The molecule has 3 heterocycles. The minimum absolute atomic E-state index is 0.124. The highest BCUT2D eigenvalue weighted by molar-refractivity contribution is 7.16. The van der Waals surface area contributed by atoms with E-state index in [2.05, 4.69) is 47.3 Å². The number of aromatic nitrogens is 2. The zero-order valence-electron chi connectivity index (χ0n) is 13.7. The van der Waals surface area contributed by atoms with Gasteiger partial charge in [-0.1, -0.05) is 19.9 Å². The van der Waals surface area contributed by atoms with E-state index >= 15 is 0 Å². The topological polar surface area (TPSA) is 56.3 Å². The summed E-state index contributed by atoms with van der Waals surface area (Å²) in [6, 6.07) is 8.33. The van der Waals surface area contributed by atoms with Crippen molar-refractivity contribution in [2.75, 3.05) is 18.5 Å². The number of fused-ring (bicyclic) bond motifs is 2. The molecular weight excluding hydrogens is 322 g/mol. The fourth-order valence-corrected chi connectivity index (χ4v) is 3.67. The molecule has 4 rings (SSSR count). The zero-order valence-corrected chi connectivity index (χ0v) is 14.5. The van der Waals surface area contributed by atoms with Crippen LogP contribution in [0.15, 0.2) is 36.0 Å². The SMILES string of the molecule is CC(C)[C@@H](Nc1ncnc2sccc12)c1ccc2c(c1)OCCO2. The van der Waals surface area contributed by atoms with E-state index in [1.807, 2.05) is 11.4 Å². The van der Waals surface area contributed by atoms with Gasteiger partial charge in [0.25, 0.3) is 0 Å². The first-order valence-electron chi connectivity index (χ1n) is 8.06. The standard InChI is InChI=1S/C18H19N3O2S/c1-11(2)16(12-3-4-14-15(9-12)23-7-6-22-14)21-17-13-5-8-24-18(13)20-10-19-17/h3-5,8-11,16H,6-7H2,1-2H3,(H,19,20,21)/t16-/m1/s1. The fraction of sp³-hybridized carbons (Fsp3) is 0.333. The largest absolute Gasteiger partial charge is 0.486 e. The summed E-state index contributed by atoms with van der Waals surface area (Å²) in [5, 5.41) is 6.69. The average molecular weight is 341 g/mol. The van der Waals surface area contributed by atoms with Crippen molar-refractivity contribution in [2.45, 2.75) is 19.9 Å². The minimum Gasteiger partial charge on any atom is -0.486 e. The van der Waals surface area contributed by atoms with Gasteiger partial charge < -0.3 is 14.8 Å². The Morgan fingerprint density at radius 1 is 1.08 bits per heavy atom. The summed E-state index contributed by atoms with van der Waals surface area (Å²) in [7, 11) is 0. The monoisotopic (exact) mass is 341 g/mol. The average Bonchev–Trinajstić information content (AvgIpc) is 3.08. The van der Waals surface area contributed by atoms with Gasteiger partial charge in [0.2, 0.25) is 0 Å². The van der Waals surface area contributed by atoms with E-state index in [9.17, 15) is 0 Å². The quantitative estimate of drug-likeness (QED) is 0.768. The molecule has 0 amide bonds. The Kier molecular flexibility index (Phi) is 3.98. The summed E-state index contributed by atoms with van der Waals surface area (Å²) in [4.78, 5) is 9.76. The summed E-state index contributed by atoms with van der Waals surface area (Å²) in [5.41, 5.74) is 1.16. The first-order valence-corrected chi connectivity index (χ1v) is 8.94. The van der Waals surface area contributed by atoms with Gasteiger partial charge in [-0.2, -0.15) is 0 Å². The van der Waals surface area contributed by atoms with Crippen LogP contribution < -0.4 is 14.8 Å². The lowest BCUT2D eigenvalue weighted by molar-refractivity contribution is 0.171. The molecule has 1 atom stereocenters. The first-order chi connectivity index (χ1) is 11.7. The smallest absolute Gasteiger partial charge is 0.161 e. The highest BCUT2D eigenvalue weighted by Gasteiger charge is 2.21. The highest BCUT2D eigenvalue weighted by atomic mass is 32.1. The van der Waals surface area contributed by atoms with Crippen molar-refractivity contribution in [3.8, 4) is 11.5 Å². The van der Waals surface area contributed by atoms with Crippen LogP contribution >= 0.6 is 11.3 Å². The number of hydrogen-bond acceptors (Lipinski definition) is 6. The van der Waals surface area contributed by atoms with Crippen molar-refractivity contribution < 1.29 is 9.47 Å². The molecule has 0 unspecified atom stereocenters. The van der Waals surface area contributed by atoms with Crippen molar-refractivity contribution in [1.29, 1.82) is 0 Å².